The van der Waals surface area contributed by atoms with Crippen LogP contribution in [0.15, 0.2) is 267 Å². The molecule has 0 saturated heterocycles. The van der Waals surface area contributed by atoms with Crippen LogP contribution in [0.4, 0.5) is 0 Å². The predicted molar refractivity (Wildman–Crippen MR) is 314 cm³/mol. The average Bonchev–Trinajstić information content (AvgIpc) is 4.05. The van der Waals surface area contributed by atoms with Gasteiger partial charge in [0, 0.05) is 40.3 Å². The lowest BCUT2D eigenvalue weighted by molar-refractivity contribution is 1.26. The van der Waals surface area contributed by atoms with Gasteiger partial charge in [0.15, 0.2) is 0 Å². The molecule has 2 nitrogen and oxygen atoms in total. The van der Waals surface area contributed by atoms with E-state index < -0.39 is 0 Å². The highest BCUT2D eigenvalue weighted by Gasteiger charge is 2.44. The fraction of sp³-hybridized carbons (Fsp3) is 0.0411. The van der Waals surface area contributed by atoms with E-state index in [4.69, 9.17) is 9.97 Å². The second kappa shape index (κ2) is 19.2. The molecule has 0 aliphatic heterocycles. The van der Waals surface area contributed by atoms with Crippen molar-refractivity contribution in [1.82, 2.24) is 9.97 Å². The molecule has 2 aromatic heterocycles. The molecule has 2 aliphatic rings. The second-order valence-electron chi connectivity index (χ2n) is 19.7. The van der Waals surface area contributed by atoms with Gasteiger partial charge in [-0.25, -0.2) is 0 Å². The molecule has 2 heteroatoms. The van der Waals surface area contributed by atoms with Crippen LogP contribution in [0.5, 0.6) is 0 Å². The molecule has 2 heterocycles. The Bertz CT molecular complexity index is 4070. The van der Waals surface area contributed by atoms with Crippen molar-refractivity contribution in [3.8, 4) is 66.8 Å². The lowest BCUT2D eigenvalue weighted by Crippen LogP contribution is -2.04. The third kappa shape index (κ3) is 8.09. The molecule has 0 spiro atoms. The minimum atomic E-state index is 0.924. The first-order valence-corrected chi connectivity index (χ1v) is 25.9. The molecule has 0 amide bonds. The van der Waals surface area contributed by atoms with E-state index in [0.29, 0.717) is 0 Å². The Kier molecular flexibility index (Phi) is 11.6. The summed E-state index contributed by atoms with van der Waals surface area (Å²) in [4.78, 5) is 10.6. The van der Waals surface area contributed by atoms with Gasteiger partial charge in [0.05, 0.1) is 11.4 Å². The largest absolute Gasteiger partial charge is 0.256 e. The highest BCUT2D eigenvalue weighted by molar-refractivity contribution is 6.39. The molecular weight excluding hydrogens is 905 g/mol. The standard InChI is InChI=1S/C73H52N2/c1-47-21-17-28-55(43-47)53-37-39-54(40-38-53)64-48(2)66-67(49(3)65(64)59-32-18-29-56(44-59)50-22-7-4-8-23-50)72-71(63-36-14-16-42-75-63)68(60-33-19-30-57(45-60)51-24-9-5-10-25-51)69(73(72)70(66)62-35-13-15-41-74-62)61-34-20-31-58(46-61)52-26-11-6-12-27-52/h4-46H,1-3H3. The van der Waals surface area contributed by atoms with Crippen LogP contribution in [0.25, 0.3) is 94.6 Å². The Morgan fingerprint density at radius 3 is 1.07 bits per heavy atom. The molecular formula is C73H52N2. The molecule has 0 unspecified atom stereocenters. The number of hydrogen-bond donors (Lipinski definition) is 0. The van der Waals surface area contributed by atoms with Crippen LogP contribution < -0.4 is 0 Å². The Morgan fingerprint density at radius 1 is 0.213 bits per heavy atom. The first-order valence-electron chi connectivity index (χ1n) is 25.9. The van der Waals surface area contributed by atoms with Crippen LogP contribution >= 0.6 is 0 Å². The van der Waals surface area contributed by atoms with Gasteiger partial charge in [-0.2, -0.15) is 0 Å². The van der Waals surface area contributed by atoms with Gasteiger partial charge in [-0.3, -0.25) is 9.97 Å². The zero-order valence-electron chi connectivity index (χ0n) is 42.2. The summed E-state index contributed by atoms with van der Waals surface area (Å²) in [6, 6.07) is 90.3. The third-order valence-electron chi connectivity index (χ3n) is 15.1. The first kappa shape index (κ1) is 45.4. The number of benzene rings is 9. The molecule has 354 valence electrons. The van der Waals surface area contributed by atoms with Gasteiger partial charge in [0.2, 0.25) is 0 Å². The summed E-state index contributed by atoms with van der Waals surface area (Å²) in [7, 11) is 0. The summed E-state index contributed by atoms with van der Waals surface area (Å²) in [5.74, 6) is 0. The van der Waals surface area contributed by atoms with Crippen molar-refractivity contribution < 1.29 is 0 Å². The Balaban J connectivity index is 1.17. The van der Waals surface area contributed by atoms with Gasteiger partial charge in [-0.1, -0.05) is 212 Å². The van der Waals surface area contributed by atoms with Crippen molar-refractivity contribution in [1.29, 1.82) is 0 Å². The zero-order valence-corrected chi connectivity index (χ0v) is 42.2. The van der Waals surface area contributed by atoms with Gasteiger partial charge in [-0.05, 0) is 169 Å². The average molecular weight is 957 g/mol. The monoisotopic (exact) mass is 956 g/mol. The number of aryl methyl sites for hydroxylation is 1. The van der Waals surface area contributed by atoms with Crippen LogP contribution in [0.3, 0.4) is 0 Å². The van der Waals surface area contributed by atoms with Crippen LogP contribution in [0.1, 0.15) is 50.3 Å². The molecule has 9 aromatic carbocycles. The number of aromatic nitrogens is 2. The zero-order chi connectivity index (χ0) is 50.4. The predicted octanol–water partition coefficient (Wildman–Crippen LogP) is 18.8. The molecule has 2 aliphatic carbocycles. The van der Waals surface area contributed by atoms with E-state index in [1.807, 2.05) is 24.5 Å². The lowest BCUT2D eigenvalue weighted by atomic mass is 9.79. The van der Waals surface area contributed by atoms with Crippen LogP contribution in [0.2, 0.25) is 0 Å². The third-order valence-corrected chi connectivity index (χ3v) is 15.1. The smallest absolute Gasteiger partial charge is 0.0714 e. The SMILES string of the molecule is Cc1cccc(-c2ccc(-c3c(C)c4c(c(C)c3-c3cccc(-c5ccccc5)c3)C3=C(c5ccccn5)C(c5cccc(-c6ccccc6)c5)=C(c5cccc(-c6ccccc6)c5)C3=C4c3ccccn3)cc2)c1. The quantitative estimate of drug-likeness (QED) is 0.136. The molecule has 0 saturated carbocycles. The van der Waals surface area contributed by atoms with Gasteiger partial charge in [0.1, 0.15) is 0 Å². The molecule has 75 heavy (non-hydrogen) atoms. The number of hydrogen-bond acceptors (Lipinski definition) is 2. The van der Waals surface area contributed by atoms with Crippen molar-refractivity contribution in [2.24, 2.45) is 0 Å². The Labute approximate surface area is 440 Å². The maximum Gasteiger partial charge on any atom is 0.0714 e. The molecule has 0 N–H and O–H groups in total. The van der Waals surface area contributed by atoms with Crippen molar-refractivity contribution >= 4 is 27.9 Å². The van der Waals surface area contributed by atoms with Gasteiger partial charge < -0.3 is 0 Å². The van der Waals surface area contributed by atoms with E-state index in [-0.39, 0.29) is 0 Å². The molecule has 0 fully saturated rings. The van der Waals surface area contributed by atoms with Crippen molar-refractivity contribution in [2.75, 3.05) is 0 Å². The normalized spacial score (nSPS) is 12.8. The fourth-order valence-corrected chi connectivity index (χ4v) is 11.8. The highest BCUT2D eigenvalue weighted by atomic mass is 14.7. The van der Waals surface area contributed by atoms with E-state index in [1.165, 1.54) is 100 Å². The number of fused-ring (bicyclic) bond motifs is 3. The summed E-state index contributed by atoms with van der Waals surface area (Å²) in [6.07, 6.45) is 3.88. The Morgan fingerprint density at radius 2 is 0.573 bits per heavy atom. The summed E-state index contributed by atoms with van der Waals surface area (Å²) in [5, 5.41) is 0. The van der Waals surface area contributed by atoms with E-state index in [9.17, 15) is 0 Å². The van der Waals surface area contributed by atoms with Crippen LogP contribution in [-0.4, -0.2) is 9.97 Å². The van der Waals surface area contributed by atoms with Gasteiger partial charge >= 0.3 is 0 Å². The summed E-state index contributed by atoms with van der Waals surface area (Å²) >= 11 is 0. The van der Waals surface area contributed by atoms with Crippen LogP contribution in [0, 0.1) is 20.8 Å². The number of rotatable bonds is 10. The fourth-order valence-electron chi connectivity index (χ4n) is 11.8. The maximum atomic E-state index is 5.30. The summed E-state index contributed by atoms with van der Waals surface area (Å²) < 4.78 is 0. The molecule has 0 bridgehead atoms. The lowest BCUT2D eigenvalue weighted by Gasteiger charge is -2.24. The maximum absolute atomic E-state index is 5.30. The van der Waals surface area contributed by atoms with E-state index in [1.54, 1.807) is 0 Å². The summed E-state index contributed by atoms with van der Waals surface area (Å²) in [5.41, 5.74) is 31.3. The highest BCUT2D eigenvalue weighted by Crippen LogP contribution is 2.64. The molecule has 13 rings (SSSR count). The molecule has 0 atom stereocenters. The van der Waals surface area contributed by atoms with Gasteiger partial charge in [0.25, 0.3) is 0 Å². The number of nitrogens with zero attached hydrogens (tertiary/aromatic N) is 2. The minimum absolute atomic E-state index is 0.924. The van der Waals surface area contributed by atoms with Gasteiger partial charge in [-0.15, -0.1) is 0 Å². The van der Waals surface area contributed by atoms with Crippen molar-refractivity contribution in [3.63, 3.8) is 0 Å². The van der Waals surface area contributed by atoms with E-state index >= 15 is 0 Å². The molecule has 0 radical (unpaired) electrons. The second-order valence-corrected chi connectivity index (χ2v) is 19.7. The number of pyridine rings is 2. The minimum Gasteiger partial charge on any atom is -0.256 e. The van der Waals surface area contributed by atoms with E-state index in [2.05, 4.69) is 257 Å². The first-order chi connectivity index (χ1) is 37.0. The van der Waals surface area contributed by atoms with E-state index in [0.717, 1.165) is 50.4 Å². The number of allylic oxidation sites excluding steroid dienone is 5. The van der Waals surface area contributed by atoms with Crippen molar-refractivity contribution in [2.45, 2.75) is 20.8 Å². The summed E-state index contributed by atoms with van der Waals surface area (Å²) in [6.45, 7) is 6.87. The Hall–Kier alpha value is -9.50. The topological polar surface area (TPSA) is 25.8 Å². The van der Waals surface area contributed by atoms with Crippen molar-refractivity contribution in [3.05, 3.63) is 317 Å². The molecule has 11 aromatic rings. The van der Waals surface area contributed by atoms with Crippen LogP contribution in [-0.2, 0) is 0 Å².